The van der Waals surface area contributed by atoms with Crippen molar-refractivity contribution in [1.29, 1.82) is 0 Å². The molecule has 1 aliphatic heterocycles. The van der Waals surface area contributed by atoms with Crippen LogP contribution in [0.25, 0.3) is 0 Å². The van der Waals surface area contributed by atoms with Gasteiger partial charge in [-0.25, -0.2) is 0 Å². The molecule has 7 heteroatoms. The van der Waals surface area contributed by atoms with Crippen LogP contribution in [0.4, 0.5) is 0 Å². The first-order chi connectivity index (χ1) is 14.9. The van der Waals surface area contributed by atoms with Crippen LogP contribution in [0.5, 0.6) is 5.75 Å². The van der Waals surface area contributed by atoms with E-state index in [1.807, 2.05) is 37.3 Å². The first-order valence-electron chi connectivity index (χ1n) is 10.8. The molecule has 1 heterocycles. The van der Waals surface area contributed by atoms with Crippen LogP contribution in [0, 0.1) is 0 Å². The Morgan fingerprint density at radius 1 is 1.03 bits per heavy atom. The minimum atomic E-state index is -1.40. The minimum Gasteiger partial charge on any atom is -0.494 e. The van der Waals surface area contributed by atoms with E-state index in [1.54, 1.807) is 0 Å². The van der Waals surface area contributed by atoms with Gasteiger partial charge < -0.3 is 29.9 Å². The Morgan fingerprint density at radius 3 is 2.42 bits per heavy atom. The van der Waals surface area contributed by atoms with Gasteiger partial charge in [-0.2, -0.15) is 0 Å². The maximum atomic E-state index is 10.7. The number of aliphatic hydroxyl groups is 4. The lowest BCUT2D eigenvalue weighted by atomic mass is 9.86. The molecule has 1 saturated heterocycles. The van der Waals surface area contributed by atoms with Crippen LogP contribution < -0.4 is 4.74 Å². The van der Waals surface area contributed by atoms with Gasteiger partial charge in [-0.15, -0.1) is 0 Å². The summed E-state index contributed by atoms with van der Waals surface area (Å²) in [6, 6.07) is 9.80. The molecule has 5 atom stereocenters. The number of rotatable bonds is 6. The zero-order valence-electron chi connectivity index (χ0n) is 17.5. The highest BCUT2D eigenvalue weighted by Gasteiger charge is 2.45. The van der Waals surface area contributed by atoms with Crippen molar-refractivity contribution in [2.24, 2.45) is 0 Å². The van der Waals surface area contributed by atoms with Crippen LogP contribution in [0.15, 0.2) is 30.3 Å². The summed E-state index contributed by atoms with van der Waals surface area (Å²) in [5.74, 6) is 0.813. The van der Waals surface area contributed by atoms with E-state index in [0.717, 1.165) is 57.9 Å². The molecule has 0 amide bonds. The lowest BCUT2D eigenvalue weighted by molar-refractivity contribution is -0.231. The molecule has 0 spiro atoms. The number of halogens is 1. The molecule has 1 aliphatic carbocycles. The monoisotopic (exact) mass is 448 g/mol. The van der Waals surface area contributed by atoms with E-state index in [9.17, 15) is 20.4 Å². The van der Waals surface area contributed by atoms with Gasteiger partial charge in [-0.1, -0.05) is 29.8 Å². The van der Waals surface area contributed by atoms with E-state index in [1.165, 1.54) is 0 Å². The van der Waals surface area contributed by atoms with E-state index in [4.69, 9.17) is 21.1 Å². The third-order valence-electron chi connectivity index (χ3n) is 6.27. The van der Waals surface area contributed by atoms with Crippen molar-refractivity contribution >= 4 is 11.6 Å². The number of hydrogen-bond donors (Lipinski definition) is 4. The number of aliphatic hydroxyl groups excluding tert-OH is 4. The van der Waals surface area contributed by atoms with Crippen molar-refractivity contribution in [2.45, 2.75) is 63.1 Å². The summed E-state index contributed by atoms with van der Waals surface area (Å²) in [5, 5.41) is 41.4. The molecule has 31 heavy (non-hydrogen) atoms. The average Bonchev–Trinajstić information content (AvgIpc) is 3.27. The lowest BCUT2D eigenvalue weighted by Gasteiger charge is -2.41. The Morgan fingerprint density at radius 2 is 1.74 bits per heavy atom. The molecule has 0 bridgehead atoms. The SMILES string of the molecule is CCOc1ccc(Cc2cc([C@@H]3O[C@H](CO)[C@@H](O)[C@H](O)[C@H]3O)c3c(c2Cl)CCC3)cc1. The summed E-state index contributed by atoms with van der Waals surface area (Å²) in [5.41, 5.74) is 4.85. The Balaban J connectivity index is 1.70. The molecule has 0 radical (unpaired) electrons. The topological polar surface area (TPSA) is 99.4 Å². The standard InChI is InChI=1S/C24H29ClO6/c1-2-30-15-8-6-13(7-9-15)10-14-11-18(16-4-3-5-17(16)20(14)25)24-23(29)22(28)21(27)19(12-26)31-24/h6-9,11,19,21-24,26-29H,2-5,10,12H2,1H3/t19-,21-,22+,23-,24+/m1/s1. The minimum absolute atomic E-state index is 0.448. The second kappa shape index (κ2) is 9.45. The Kier molecular flexibility index (Phi) is 6.86. The second-order valence-electron chi connectivity index (χ2n) is 8.25. The molecule has 6 nitrogen and oxygen atoms in total. The third-order valence-corrected chi connectivity index (χ3v) is 6.74. The fraction of sp³-hybridized carbons (Fsp3) is 0.500. The Bertz CT molecular complexity index is 913. The van der Waals surface area contributed by atoms with E-state index in [-0.39, 0.29) is 0 Å². The van der Waals surface area contributed by atoms with Crippen LogP contribution in [-0.4, -0.2) is 58.1 Å². The van der Waals surface area contributed by atoms with Crippen molar-refractivity contribution in [2.75, 3.05) is 13.2 Å². The maximum Gasteiger partial charge on any atom is 0.119 e. The zero-order valence-corrected chi connectivity index (χ0v) is 18.3. The third kappa shape index (κ3) is 4.33. The van der Waals surface area contributed by atoms with Gasteiger partial charge in [0.2, 0.25) is 0 Å². The first kappa shape index (κ1) is 22.5. The summed E-state index contributed by atoms with van der Waals surface area (Å²) in [6.45, 7) is 2.10. The van der Waals surface area contributed by atoms with Crippen molar-refractivity contribution in [1.82, 2.24) is 0 Å². The van der Waals surface area contributed by atoms with Crippen molar-refractivity contribution in [3.05, 3.63) is 63.2 Å². The van der Waals surface area contributed by atoms with Gasteiger partial charge in [0.1, 0.15) is 36.3 Å². The number of benzene rings is 2. The van der Waals surface area contributed by atoms with Gasteiger partial charge in [-0.05, 0) is 72.6 Å². The fourth-order valence-corrected chi connectivity index (χ4v) is 5.00. The molecular weight excluding hydrogens is 420 g/mol. The highest BCUT2D eigenvalue weighted by atomic mass is 35.5. The Labute approximate surface area is 187 Å². The molecule has 0 unspecified atom stereocenters. The molecule has 1 fully saturated rings. The van der Waals surface area contributed by atoms with E-state index >= 15 is 0 Å². The van der Waals surface area contributed by atoms with E-state index in [2.05, 4.69) is 0 Å². The van der Waals surface area contributed by atoms with Crippen LogP contribution in [0.3, 0.4) is 0 Å². The average molecular weight is 449 g/mol. The zero-order chi connectivity index (χ0) is 22.1. The van der Waals surface area contributed by atoms with Gasteiger partial charge in [0, 0.05) is 5.02 Å². The molecule has 2 aromatic carbocycles. The summed E-state index contributed by atoms with van der Waals surface area (Å²) in [6.07, 6.45) is -2.67. The second-order valence-corrected chi connectivity index (χ2v) is 8.63. The lowest BCUT2D eigenvalue weighted by Crippen LogP contribution is -2.55. The van der Waals surface area contributed by atoms with Crippen LogP contribution in [0.2, 0.25) is 5.02 Å². The van der Waals surface area contributed by atoms with Gasteiger partial charge >= 0.3 is 0 Å². The molecular formula is C24H29ClO6. The van der Waals surface area contributed by atoms with E-state index in [0.29, 0.717) is 13.0 Å². The van der Waals surface area contributed by atoms with Gasteiger partial charge in [0.25, 0.3) is 0 Å². The van der Waals surface area contributed by atoms with Gasteiger partial charge in [0.15, 0.2) is 0 Å². The molecule has 4 rings (SSSR count). The quantitative estimate of drug-likeness (QED) is 0.541. The Hall–Kier alpha value is -1.67. The first-order valence-corrected chi connectivity index (χ1v) is 11.2. The predicted molar refractivity (Wildman–Crippen MR) is 117 cm³/mol. The maximum absolute atomic E-state index is 10.7. The molecule has 2 aromatic rings. The van der Waals surface area contributed by atoms with Gasteiger partial charge in [0.05, 0.1) is 13.2 Å². The fourth-order valence-electron chi connectivity index (χ4n) is 4.67. The smallest absolute Gasteiger partial charge is 0.119 e. The summed E-state index contributed by atoms with van der Waals surface area (Å²) in [7, 11) is 0. The van der Waals surface area contributed by atoms with Gasteiger partial charge in [-0.3, -0.25) is 0 Å². The molecule has 168 valence electrons. The molecule has 0 saturated carbocycles. The molecule has 2 aliphatic rings. The molecule has 0 aromatic heterocycles. The molecule has 4 N–H and O–H groups in total. The van der Waals surface area contributed by atoms with E-state index < -0.39 is 37.1 Å². The summed E-state index contributed by atoms with van der Waals surface area (Å²) < 4.78 is 11.4. The summed E-state index contributed by atoms with van der Waals surface area (Å²) >= 11 is 6.78. The predicted octanol–water partition coefficient (Wildman–Crippen LogP) is 2.33. The highest BCUT2D eigenvalue weighted by molar-refractivity contribution is 6.32. The van der Waals surface area contributed by atoms with Crippen molar-refractivity contribution in [3.8, 4) is 5.75 Å². The van der Waals surface area contributed by atoms with Crippen molar-refractivity contribution < 1.29 is 29.9 Å². The normalized spacial score (nSPS) is 27.9. The van der Waals surface area contributed by atoms with Crippen molar-refractivity contribution in [3.63, 3.8) is 0 Å². The largest absolute Gasteiger partial charge is 0.494 e. The summed E-state index contributed by atoms with van der Waals surface area (Å²) in [4.78, 5) is 0. The van der Waals surface area contributed by atoms with Crippen LogP contribution in [-0.2, 0) is 24.0 Å². The number of fused-ring (bicyclic) bond motifs is 1. The highest BCUT2D eigenvalue weighted by Crippen LogP contribution is 2.42. The number of hydrogen-bond acceptors (Lipinski definition) is 6. The van der Waals surface area contributed by atoms with Crippen LogP contribution in [0.1, 0.15) is 47.3 Å². The van der Waals surface area contributed by atoms with Crippen LogP contribution >= 0.6 is 11.6 Å². The number of ether oxygens (including phenoxy) is 2.